The lowest BCUT2D eigenvalue weighted by Gasteiger charge is -2.22. The van der Waals surface area contributed by atoms with Gasteiger partial charge in [0, 0.05) is 17.2 Å². The molecule has 7 nitrogen and oxygen atoms in total. The molecule has 0 fully saturated rings. The zero-order chi connectivity index (χ0) is 15.8. The van der Waals surface area contributed by atoms with Gasteiger partial charge >= 0.3 is 5.69 Å². The van der Waals surface area contributed by atoms with Gasteiger partial charge in [0.05, 0.1) is 12.0 Å². The van der Waals surface area contributed by atoms with E-state index in [2.05, 4.69) is 10.2 Å². The molecule has 0 amide bonds. The molecule has 0 saturated heterocycles. The first-order chi connectivity index (χ1) is 9.75. The van der Waals surface area contributed by atoms with Crippen LogP contribution in [0.4, 0.5) is 5.69 Å². The predicted octanol–water partition coefficient (Wildman–Crippen LogP) is 3.28. The maximum Gasteiger partial charge on any atom is 0.311 e. The van der Waals surface area contributed by atoms with Gasteiger partial charge in [-0.05, 0) is 45.1 Å². The number of methoxy groups -OCH3 is 1. The van der Waals surface area contributed by atoms with Crippen molar-refractivity contribution >= 4 is 17.9 Å². The number of ether oxygens (including phenoxy) is 1. The van der Waals surface area contributed by atoms with E-state index >= 15 is 0 Å². The van der Waals surface area contributed by atoms with Gasteiger partial charge in [0.2, 0.25) is 0 Å². The summed E-state index contributed by atoms with van der Waals surface area (Å²) in [5, 5.41) is 18.0. The highest BCUT2D eigenvalue weighted by molar-refractivity contribution is 7.71. The fourth-order valence-corrected chi connectivity index (χ4v) is 2.49. The van der Waals surface area contributed by atoms with Gasteiger partial charge in [-0.1, -0.05) is 0 Å². The quantitative estimate of drug-likeness (QED) is 0.534. The average molecular weight is 308 g/mol. The summed E-state index contributed by atoms with van der Waals surface area (Å²) in [6.45, 7) is 5.96. The average Bonchev–Trinajstić information content (AvgIpc) is 2.79. The van der Waals surface area contributed by atoms with Crippen molar-refractivity contribution < 1.29 is 9.66 Å². The molecular weight excluding hydrogens is 292 g/mol. The second-order valence-electron chi connectivity index (χ2n) is 5.50. The molecule has 8 heteroatoms. The van der Waals surface area contributed by atoms with Crippen LogP contribution in [-0.2, 0) is 5.54 Å². The SMILES string of the molecule is COc1ccc(-c2n[nH]c(=S)n2C(C)(C)C)cc1[N+](=O)[O-]. The molecule has 1 N–H and O–H groups in total. The van der Waals surface area contributed by atoms with Gasteiger partial charge in [0.15, 0.2) is 16.3 Å². The number of hydrogen-bond donors (Lipinski definition) is 1. The van der Waals surface area contributed by atoms with Gasteiger partial charge in [-0.25, -0.2) is 0 Å². The highest BCUT2D eigenvalue weighted by Crippen LogP contribution is 2.33. The summed E-state index contributed by atoms with van der Waals surface area (Å²) >= 11 is 5.24. The summed E-state index contributed by atoms with van der Waals surface area (Å²) in [6.07, 6.45) is 0. The van der Waals surface area contributed by atoms with E-state index in [0.29, 0.717) is 16.2 Å². The van der Waals surface area contributed by atoms with E-state index < -0.39 is 4.92 Å². The zero-order valence-corrected chi connectivity index (χ0v) is 13.0. The number of nitrogens with zero attached hydrogens (tertiary/aromatic N) is 3. The topological polar surface area (TPSA) is 86.0 Å². The van der Waals surface area contributed by atoms with E-state index in [9.17, 15) is 10.1 Å². The van der Waals surface area contributed by atoms with Crippen LogP contribution in [0.25, 0.3) is 11.4 Å². The van der Waals surface area contributed by atoms with Gasteiger partial charge in [-0.2, -0.15) is 5.10 Å². The third kappa shape index (κ3) is 2.80. The van der Waals surface area contributed by atoms with E-state index in [0.717, 1.165) is 0 Å². The fraction of sp³-hybridized carbons (Fsp3) is 0.385. The lowest BCUT2D eigenvalue weighted by Crippen LogP contribution is -2.23. The molecule has 1 aromatic carbocycles. The first-order valence-corrected chi connectivity index (χ1v) is 6.67. The van der Waals surface area contributed by atoms with Crippen LogP contribution in [0.2, 0.25) is 0 Å². The molecule has 0 bridgehead atoms. The van der Waals surface area contributed by atoms with Crippen LogP contribution in [0, 0.1) is 14.9 Å². The lowest BCUT2D eigenvalue weighted by molar-refractivity contribution is -0.385. The Hall–Kier alpha value is -2.22. The van der Waals surface area contributed by atoms with Crippen LogP contribution >= 0.6 is 12.2 Å². The van der Waals surface area contributed by atoms with Crippen molar-refractivity contribution in [3.63, 3.8) is 0 Å². The van der Waals surface area contributed by atoms with Crippen molar-refractivity contribution in [3.05, 3.63) is 33.1 Å². The number of aromatic nitrogens is 3. The van der Waals surface area contributed by atoms with E-state index in [4.69, 9.17) is 17.0 Å². The van der Waals surface area contributed by atoms with Crippen LogP contribution < -0.4 is 4.74 Å². The number of rotatable bonds is 3. The summed E-state index contributed by atoms with van der Waals surface area (Å²) in [4.78, 5) is 10.6. The number of hydrogen-bond acceptors (Lipinski definition) is 5. The van der Waals surface area contributed by atoms with Crippen molar-refractivity contribution in [1.82, 2.24) is 14.8 Å². The molecule has 0 aliphatic rings. The maximum atomic E-state index is 11.1. The summed E-state index contributed by atoms with van der Waals surface area (Å²) in [6, 6.07) is 4.71. The summed E-state index contributed by atoms with van der Waals surface area (Å²) in [5.41, 5.74) is 0.197. The maximum absolute atomic E-state index is 11.1. The van der Waals surface area contributed by atoms with Gasteiger partial charge in [-0.3, -0.25) is 19.8 Å². The molecule has 0 aliphatic heterocycles. The van der Waals surface area contributed by atoms with Crippen molar-refractivity contribution in [2.24, 2.45) is 0 Å². The monoisotopic (exact) mass is 308 g/mol. The Morgan fingerprint density at radius 3 is 2.62 bits per heavy atom. The molecule has 0 unspecified atom stereocenters. The van der Waals surface area contributed by atoms with Gasteiger partial charge in [0.1, 0.15) is 0 Å². The fourth-order valence-electron chi connectivity index (χ4n) is 2.08. The van der Waals surface area contributed by atoms with Crippen molar-refractivity contribution in [2.45, 2.75) is 26.3 Å². The molecule has 0 atom stereocenters. The smallest absolute Gasteiger partial charge is 0.311 e. The molecule has 0 radical (unpaired) electrons. The standard InChI is InChI=1S/C13H16N4O3S/c1-13(2,3)16-11(14-15-12(16)21)8-5-6-10(20-4)9(7-8)17(18)19/h5-7H,1-4H3,(H,15,21). The van der Waals surface area contributed by atoms with Gasteiger partial charge < -0.3 is 4.74 Å². The van der Waals surface area contributed by atoms with Crippen LogP contribution in [-0.4, -0.2) is 26.8 Å². The summed E-state index contributed by atoms with van der Waals surface area (Å²) in [5.74, 6) is 0.762. The highest BCUT2D eigenvalue weighted by Gasteiger charge is 2.23. The van der Waals surface area contributed by atoms with Crippen LogP contribution in [0.15, 0.2) is 18.2 Å². The Labute approximate surface area is 126 Å². The molecule has 2 aromatic rings. The third-order valence-corrected chi connectivity index (χ3v) is 3.25. The second kappa shape index (κ2) is 5.28. The largest absolute Gasteiger partial charge is 0.490 e. The van der Waals surface area contributed by atoms with E-state index in [-0.39, 0.29) is 17.0 Å². The first kappa shape index (κ1) is 15.2. The lowest BCUT2D eigenvalue weighted by atomic mass is 10.1. The number of nitro groups is 1. The minimum Gasteiger partial charge on any atom is -0.490 e. The minimum atomic E-state index is -0.481. The van der Waals surface area contributed by atoms with E-state index in [1.54, 1.807) is 12.1 Å². The highest BCUT2D eigenvalue weighted by atomic mass is 32.1. The predicted molar refractivity (Wildman–Crippen MR) is 81.1 cm³/mol. The molecule has 2 rings (SSSR count). The molecular formula is C13H16N4O3S. The number of benzene rings is 1. The number of aromatic amines is 1. The minimum absolute atomic E-state index is 0.107. The third-order valence-electron chi connectivity index (χ3n) is 2.98. The van der Waals surface area contributed by atoms with Crippen LogP contribution in [0.3, 0.4) is 0 Å². The van der Waals surface area contributed by atoms with Gasteiger partial charge in [0.25, 0.3) is 0 Å². The Morgan fingerprint density at radius 1 is 1.43 bits per heavy atom. The Bertz CT molecular complexity index is 743. The molecule has 0 saturated carbocycles. The Kier molecular flexibility index (Phi) is 3.82. The molecule has 1 aromatic heterocycles. The summed E-state index contributed by atoms with van der Waals surface area (Å²) in [7, 11) is 1.40. The second-order valence-corrected chi connectivity index (χ2v) is 5.89. The van der Waals surface area contributed by atoms with Crippen molar-refractivity contribution in [2.75, 3.05) is 7.11 Å². The van der Waals surface area contributed by atoms with Gasteiger partial charge in [-0.15, -0.1) is 0 Å². The number of nitrogens with one attached hydrogen (secondary N) is 1. The van der Waals surface area contributed by atoms with E-state index in [1.165, 1.54) is 13.2 Å². The van der Waals surface area contributed by atoms with E-state index in [1.807, 2.05) is 25.3 Å². The Morgan fingerprint density at radius 2 is 2.10 bits per heavy atom. The zero-order valence-electron chi connectivity index (χ0n) is 12.2. The first-order valence-electron chi connectivity index (χ1n) is 6.26. The summed E-state index contributed by atoms with van der Waals surface area (Å²) < 4.78 is 7.30. The van der Waals surface area contributed by atoms with Crippen LogP contribution in [0.1, 0.15) is 20.8 Å². The molecule has 1 heterocycles. The van der Waals surface area contributed by atoms with Crippen molar-refractivity contribution in [1.29, 1.82) is 0 Å². The van der Waals surface area contributed by atoms with Crippen LogP contribution in [0.5, 0.6) is 5.75 Å². The molecule has 112 valence electrons. The Balaban J connectivity index is 2.67. The molecule has 0 aliphatic carbocycles. The van der Waals surface area contributed by atoms with Crippen molar-refractivity contribution in [3.8, 4) is 17.1 Å². The molecule has 0 spiro atoms. The normalized spacial score (nSPS) is 11.4. The number of H-pyrrole nitrogens is 1. The number of nitro benzene ring substituents is 1. The molecule has 21 heavy (non-hydrogen) atoms.